The van der Waals surface area contributed by atoms with Gasteiger partial charge in [0, 0.05) is 18.7 Å². The van der Waals surface area contributed by atoms with Crippen molar-refractivity contribution in [2.45, 2.75) is 57.8 Å². The van der Waals surface area contributed by atoms with Crippen LogP contribution in [0.1, 0.15) is 56.9 Å². The molecular formula is C21H33N3O. The molecule has 1 aromatic carbocycles. The fourth-order valence-corrected chi connectivity index (χ4v) is 4.35. The Kier molecular flexibility index (Phi) is 6.49. The monoisotopic (exact) mass is 343 g/mol. The second-order valence-electron chi connectivity index (χ2n) is 7.99. The average molecular weight is 344 g/mol. The molecule has 0 atom stereocenters. The van der Waals surface area contributed by atoms with Crippen molar-refractivity contribution in [2.24, 2.45) is 11.1 Å². The molecule has 3 N–H and O–H groups in total. The summed E-state index contributed by atoms with van der Waals surface area (Å²) in [5.41, 5.74) is 8.27. The van der Waals surface area contributed by atoms with Gasteiger partial charge < -0.3 is 16.0 Å². The molecule has 0 unspecified atom stereocenters. The van der Waals surface area contributed by atoms with Gasteiger partial charge in [-0.1, -0.05) is 31.4 Å². The second-order valence-corrected chi connectivity index (χ2v) is 7.99. The lowest BCUT2D eigenvalue weighted by molar-refractivity contribution is -0.118. The lowest BCUT2D eigenvalue weighted by Gasteiger charge is -2.35. The molecule has 1 aromatic rings. The molecule has 2 fully saturated rings. The van der Waals surface area contributed by atoms with Crippen molar-refractivity contribution < 1.29 is 4.79 Å². The number of benzene rings is 1. The smallest absolute Gasteiger partial charge is 0.224 e. The van der Waals surface area contributed by atoms with Crippen molar-refractivity contribution in [1.29, 1.82) is 0 Å². The van der Waals surface area contributed by atoms with Crippen molar-refractivity contribution in [2.75, 3.05) is 31.5 Å². The Bertz CT molecular complexity index is 543. The highest BCUT2D eigenvalue weighted by Gasteiger charge is 2.32. The standard InChI is InChI=1S/C21H33N3O/c22-17-21(11-2-1-3-12-21)16-20(25)23-19-8-6-18(7-9-19)10-15-24-13-4-5-14-24/h6-9H,1-5,10-17,22H2,(H,23,25). The van der Waals surface area contributed by atoms with Gasteiger partial charge in [-0.05, 0) is 74.8 Å². The quantitative estimate of drug-likeness (QED) is 0.796. The molecule has 0 radical (unpaired) electrons. The average Bonchev–Trinajstić information content (AvgIpc) is 3.15. The van der Waals surface area contributed by atoms with Gasteiger partial charge in [-0.2, -0.15) is 0 Å². The maximum Gasteiger partial charge on any atom is 0.224 e. The summed E-state index contributed by atoms with van der Waals surface area (Å²) in [7, 11) is 0. The van der Waals surface area contributed by atoms with E-state index in [4.69, 9.17) is 5.73 Å². The maximum atomic E-state index is 12.5. The fourth-order valence-electron chi connectivity index (χ4n) is 4.35. The van der Waals surface area contributed by atoms with E-state index in [2.05, 4.69) is 22.3 Å². The predicted molar refractivity (Wildman–Crippen MR) is 104 cm³/mol. The highest BCUT2D eigenvalue weighted by Crippen LogP contribution is 2.38. The zero-order valence-electron chi connectivity index (χ0n) is 15.4. The molecule has 2 aliphatic rings. The second kappa shape index (κ2) is 8.81. The van der Waals surface area contributed by atoms with Crippen LogP contribution in [0.2, 0.25) is 0 Å². The minimum atomic E-state index is 0.0258. The van der Waals surface area contributed by atoms with Crippen molar-refractivity contribution in [1.82, 2.24) is 4.90 Å². The molecule has 0 bridgehead atoms. The topological polar surface area (TPSA) is 58.4 Å². The van der Waals surface area contributed by atoms with E-state index >= 15 is 0 Å². The number of anilines is 1. The summed E-state index contributed by atoms with van der Waals surface area (Å²) >= 11 is 0. The summed E-state index contributed by atoms with van der Waals surface area (Å²) in [6, 6.07) is 8.36. The van der Waals surface area contributed by atoms with Crippen molar-refractivity contribution in [3.05, 3.63) is 29.8 Å². The van der Waals surface area contributed by atoms with Gasteiger partial charge in [0.25, 0.3) is 0 Å². The molecule has 4 heteroatoms. The third-order valence-corrected chi connectivity index (χ3v) is 6.04. The highest BCUT2D eigenvalue weighted by molar-refractivity contribution is 5.91. The van der Waals surface area contributed by atoms with Gasteiger partial charge in [0.15, 0.2) is 0 Å². The molecule has 25 heavy (non-hydrogen) atoms. The number of likely N-dealkylation sites (tertiary alicyclic amines) is 1. The van der Waals surface area contributed by atoms with Crippen LogP contribution in [-0.2, 0) is 11.2 Å². The molecule has 3 rings (SSSR count). The molecule has 0 spiro atoms. The van der Waals surface area contributed by atoms with Crippen LogP contribution in [0.25, 0.3) is 0 Å². The third kappa shape index (κ3) is 5.29. The van der Waals surface area contributed by atoms with Crippen LogP contribution in [0.4, 0.5) is 5.69 Å². The Morgan fingerprint density at radius 1 is 1.04 bits per heavy atom. The molecule has 1 aliphatic heterocycles. The lowest BCUT2D eigenvalue weighted by Crippen LogP contribution is -2.36. The Hall–Kier alpha value is -1.39. The number of amides is 1. The number of nitrogens with one attached hydrogen (secondary N) is 1. The van der Waals surface area contributed by atoms with E-state index in [9.17, 15) is 4.79 Å². The van der Waals surface area contributed by atoms with E-state index in [0.29, 0.717) is 13.0 Å². The van der Waals surface area contributed by atoms with Crippen LogP contribution in [0.15, 0.2) is 24.3 Å². The van der Waals surface area contributed by atoms with Gasteiger partial charge in [-0.3, -0.25) is 4.79 Å². The van der Waals surface area contributed by atoms with E-state index in [1.807, 2.05) is 12.1 Å². The number of carbonyl (C=O) groups is 1. The van der Waals surface area contributed by atoms with Crippen LogP contribution in [0.5, 0.6) is 0 Å². The van der Waals surface area contributed by atoms with Gasteiger partial charge in [-0.15, -0.1) is 0 Å². The van der Waals surface area contributed by atoms with E-state index in [1.165, 1.54) is 50.8 Å². The van der Waals surface area contributed by atoms with Crippen LogP contribution in [0, 0.1) is 5.41 Å². The summed E-state index contributed by atoms with van der Waals surface area (Å²) in [5.74, 6) is 0.108. The Balaban J connectivity index is 1.47. The number of rotatable bonds is 7. The first kappa shape index (κ1) is 18.4. The number of nitrogens with two attached hydrogens (primary N) is 1. The fraction of sp³-hybridized carbons (Fsp3) is 0.667. The van der Waals surface area contributed by atoms with Crippen LogP contribution in [0.3, 0.4) is 0 Å². The van der Waals surface area contributed by atoms with Gasteiger partial charge in [0.2, 0.25) is 5.91 Å². The van der Waals surface area contributed by atoms with E-state index < -0.39 is 0 Å². The summed E-state index contributed by atoms with van der Waals surface area (Å²) in [6.07, 6.45) is 10.2. The molecule has 1 saturated heterocycles. The molecule has 138 valence electrons. The molecule has 4 nitrogen and oxygen atoms in total. The molecule has 1 saturated carbocycles. The van der Waals surface area contributed by atoms with Crippen LogP contribution in [-0.4, -0.2) is 37.0 Å². The predicted octanol–water partition coefficient (Wildman–Crippen LogP) is 3.56. The first-order valence-electron chi connectivity index (χ1n) is 10.0. The Morgan fingerprint density at radius 2 is 1.72 bits per heavy atom. The van der Waals surface area contributed by atoms with Crippen molar-refractivity contribution >= 4 is 11.6 Å². The minimum Gasteiger partial charge on any atom is -0.330 e. The SMILES string of the molecule is NCC1(CC(=O)Nc2ccc(CCN3CCCC3)cc2)CCCCC1. The summed E-state index contributed by atoms with van der Waals surface area (Å²) < 4.78 is 0. The summed E-state index contributed by atoms with van der Waals surface area (Å²) in [4.78, 5) is 15.0. The third-order valence-electron chi connectivity index (χ3n) is 6.04. The number of hydrogen-bond acceptors (Lipinski definition) is 3. The lowest BCUT2D eigenvalue weighted by atomic mass is 9.71. The largest absolute Gasteiger partial charge is 0.330 e. The molecule has 1 aliphatic carbocycles. The van der Waals surface area contributed by atoms with Gasteiger partial charge in [0.05, 0.1) is 0 Å². The minimum absolute atomic E-state index is 0.0258. The van der Waals surface area contributed by atoms with Crippen LogP contribution < -0.4 is 11.1 Å². The number of nitrogens with zero attached hydrogens (tertiary/aromatic N) is 1. The molecule has 1 heterocycles. The molecule has 1 amide bonds. The van der Waals surface area contributed by atoms with Gasteiger partial charge in [-0.25, -0.2) is 0 Å². The normalized spacial score (nSPS) is 20.5. The van der Waals surface area contributed by atoms with Crippen molar-refractivity contribution in [3.63, 3.8) is 0 Å². The zero-order chi connectivity index (χ0) is 17.5. The Labute approximate surface area is 152 Å². The Morgan fingerprint density at radius 3 is 2.36 bits per heavy atom. The maximum absolute atomic E-state index is 12.5. The first-order chi connectivity index (χ1) is 12.2. The number of carbonyl (C=O) groups excluding carboxylic acids is 1. The van der Waals surface area contributed by atoms with Crippen molar-refractivity contribution in [3.8, 4) is 0 Å². The van der Waals surface area contributed by atoms with E-state index in [1.54, 1.807) is 0 Å². The van der Waals surface area contributed by atoms with E-state index in [-0.39, 0.29) is 11.3 Å². The highest BCUT2D eigenvalue weighted by atomic mass is 16.1. The summed E-state index contributed by atoms with van der Waals surface area (Å²) in [6.45, 7) is 4.26. The van der Waals surface area contributed by atoms with Gasteiger partial charge in [0.1, 0.15) is 0 Å². The number of hydrogen-bond donors (Lipinski definition) is 2. The van der Waals surface area contributed by atoms with Gasteiger partial charge >= 0.3 is 0 Å². The molecular weight excluding hydrogens is 310 g/mol. The first-order valence-corrected chi connectivity index (χ1v) is 10.0. The molecule has 0 aromatic heterocycles. The summed E-state index contributed by atoms with van der Waals surface area (Å²) in [5, 5.41) is 3.07. The van der Waals surface area contributed by atoms with E-state index in [0.717, 1.165) is 31.5 Å². The van der Waals surface area contributed by atoms with Crippen LogP contribution >= 0.6 is 0 Å². The zero-order valence-corrected chi connectivity index (χ0v) is 15.4.